The lowest BCUT2D eigenvalue weighted by Crippen LogP contribution is -2.15. The Bertz CT molecular complexity index is 793. The number of hydrogen-bond donors (Lipinski definition) is 0. The van der Waals surface area contributed by atoms with Crippen LogP contribution in [-0.2, 0) is 17.6 Å². The van der Waals surface area contributed by atoms with Gasteiger partial charge in [0.25, 0.3) is 0 Å². The summed E-state index contributed by atoms with van der Waals surface area (Å²) in [5, 5.41) is 0. The minimum Gasteiger partial charge on any atom is -0.426 e. The molecule has 3 rings (SSSR count). The number of ether oxygens (including phenoxy) is 1. The molecule has 0 unspecified atom stereocenters. The second-order valence-electron chi connectivity index (χ2n) is 6.49. The van der Waals surface area contributed by atoms with Crippen LogP contribution in [0.25, 0.3) is 12.2 Å². The van der Waals surface area contributed by atoms with Crippen LogP contribution in [-0.4, -0.2) is 5.97 Å². The highest BCUT2D eigenvalue weighted by molar-refractivity contribution is 5.76. The summed E-state index contributed by atoms with van der Waals surface area (Å²) in [5.74, 6) is 0.269. The third-order valence-corrected chi connectivity index (χ3v) is 4.50. The maximum Gasteiger partial charge on any atom is 0.311 e. The van der Waals surface area contributed by atoms with Crippen LogP contribution in [0, 0.1) is 5.82 Å². The number of carbonyl (C=O) groups excluding carboxylic acids is 1. The highest BCUT2D eigenvalue weighted by Crippen LogP contribution is 2.27. The van der Waals surface area contributed by atoms with Gasteiger partial charge in [0.1, 0.15) is 11.6 Å². The minimum absolute atomic E-state index is 0.183. The Balaban J connectivity index is 1.70. The van der Waals surface area contributed by atoms with Crippen LogP contribution < -0.4 is 4.74 Å². The first-order valence-electron chi connectivity index (χ1n) is 8.96. The molecule has 0 bridgehead atoms. The minimum atomic E-state index is -0.183. The first-order chi connectivity index (χ1) is 12.2. The Labute approximate surface area is 148 Å². The summed E-state index contributed by atoms with van der Waals surface area (Å²) in [5.41, 5.74) is 3.64. The largest absolute Gasteiger partial charge is 0.426 e. The molecule has 0 aliphatic carbocycles. The molecule has 2 nitrogen and oxygen atoms in total. The van der Waals surface area contributed by atoms with E-state index in [1.54, 1.807) is 18.2 Å². The Kier molecular flexibility index (Phi) is 5.64. The first-order valence-corrected chi connectivity index (χ1v) is 8.96. The molecule has 0 radical (unpaired) electrons. The Morgan fingerprint density at radius 2 is 1.96 bits per heavy atom. The predicted molar refractivity (Wildman–Crippen MR) is 99.0 cm³/mol. The number of unbranched alkanes of at least 4 members (excludes halogenated alkanes) is 2. The van der Waals surface area contributed by atoms with Crippen molar-refractivity contribution in [1.82, 2.24) is 0 Å². The molecule has 130 valence electrons. The summed E-state index contributed by atoms with van der Waals surface area (Å²) in [6.45, 7) is 2.17. The molecular weight excluding hydrogens is 315 g/mol. The van der Waals surface area contributed by atoms with Crippen molar-refractivity contribution in [2.24, 2.45) is 0 Å². The molecule has 0 saturated carbocycles. The molecule has 1 aliphatic heterocycles. The van der Waals surface area contributed by atoms with Gasteiger partial charge in [0.2, 0.25) is 0 Å². The van der Waals surface area contributed by atoms with E-state index in [1.807, 2.05) is 30.3 Å². The molecule has 0 amide bonds. The third kappa shape index (κ3) is 4.56. The van der Waals surface area contributed by atoms with Gasteiger partial charge in [-0.1, -0.05) is 50.1 Å². The lowest BCUT2D eigenvalue weighted by atomic mass is 10.0. The lowest BCUT2D eigenvalue weighted by Gasteiger charge is -2.15. The molecule has 0 atom stereocenters. The Hall–Kier alpha value is -2.42. The highest BCUT2D eigenvalue weighted by Gasteiger charge is 2.16. The lowest BCUT2D eigenvalue weighted by molar-refractivity contribution is -0.135. The fraction of sp³-hybridized carbons (Fsp3) is 0.318. The molecule has 3 heteroatoms. The zero-order chi connectivity index (χ0) is 17.6. The number of esters is 1. The summed E-state index contributed by atoms with van der Waals surface area (Å²) >= 11 is 0. The maximum atomic E-state index is 14.3. The van der Waals surface area contributed by atoms with Gasteiger partial charge in [0.05, 0.1) is 6.42 Å². The summed E-state index contributed by atoms with van der Waals surface area (Å²) in [6, 6.07) is 11.2. The predicted octanol–water partition coefficient (Wildman–Crippen LogP) is 5.58. The zero-order valence-electron chi connectivity index (χ0n) is 14.6. The van der Waals surface area contributed by atoms with Crippen LogP contribution in [0.1, 0.15) is 54.9 Å². The average molecular weight is 338 g/mol. The van der Waals surface area contributed by atoms with Crippen molar-refractivity contribution >= 4 is 18.1 Å². The molecule has 0 spiro atoms. The topological polar surface area (TPSA) is 26.3 Å². The second kappa shape index (κ2) is 8.11. The first kappa shape index (κ1) is 17.4. The summed E-state index contributed by atoms with van der Waals surface area (Å²) < 4.78 is 19.5. The van der Waals surface area contributed by atoms with Crippen molar-refractivity contribution in [2.75, 3.05) is 0 Å². The van der Waals surface area contributed by atoms with Crippen molar-refractivity contribution in [3.63, 3.8) is 0 Å². The normalized spacial score (nSPS) is 13.8. The monoisotopic (exact) mass is 338 g/mol. The maximum absolute atomic E-state index is 14.3. The quantitative estimate of drug-likeness (QED) is 0.297. The number of hydrogen-bond acceptors (Lipinski definition) is 2. The SMILES string of the molecule is CCCCCc1ccc(C=Cc2ccc3c(c2)CCC(=O)O3)c(F)c1. The van der Waals surface area contributed by atoms with Gasteiger partial charge < -0.3 is 4.74 Å². The van der Waals surface area contributed by atoms with Crippen molar-refractivity contribution in [3.05, 3.63) is 64.5 Å². The Morgan fingerprint density at radius 1 is 1.08 bits per heavy atom. The molecule has 2 aromatic carbocycles. The van der Waals surface area contributed by atoms with E-state index < -0.39 is 0 Å². The van der Waals surface area contributed by atoms with Crippen LogP contribution in [0.3, 0.4) is 0 Å². The van der Waals surface area contributed by atoms with Crippen molar-refractivity contribution < 1.29 is 13.9 Å². The van der Waals surface area contributed by atoms with E-state index >= 15 is 0 Å². The van der Waals surface area contributed by atoms with Crippen molar-refractivity contribution in [2.45, 2.75) is 45.4 Å². The van der Waals surface area contributed by atoms with E-state index in [1.165, 1.54) is 12.8 Å². The number of fused-ring (bicyclic) bond motifs is 1. The van der Waals surface area contributed by atoms with Gasteiger partial charge in [-0.2, -0.15) is 0 Å². The van der Waals surface area contributed by atoms with Crippen molar-refractivity contribution in [3.8, 4) is 5.75 Å². The van der Waals surface area contributed by atoms with Crippen LogP contribution in [0.4, 0.5) is 4.39 Å². The van der Waals surface area contributed by atoms with E-state index in [0.717, 1.165) is 29.5 Å². The van der Waals surface area contributed by atoms with Crippen molar-refractivity contribution in [1.29, 1.82) is 0 Å². The van der Waals surface area contributed by atoms with Gasteiger partial charge in [0, 0.05) is 5.56 Å². The number of carbonyl (C=O) groups is 1. The van der Waals surface area contributed by atoms with Crippen LogP contribution in [0.15, 0.2) is 36.4 Å². The van der Waals surface area contributed by atoms with E-state index in [2.05, 4.69) is 6.92 Å². The standard InChI is InChI=1S/C22H23FO2/c1-2-3-4-5-16-6-9-18(20(23)15-16)10-7-17-8-12-21-19(14-17)11-13-22(24)25-21/h6-10,12,14-15H,2-5,11,13H2,1H3. The van der Waals surface area contributed by atoms with Gasteiger partial charge in [-0.05, 0) is 54.2 Å². The summed E-state index contributed by atoms with van der Waals surface area (Å²) in [4.78, 5) is 11.3. The van der Waals surface area contributed by atoms with E-state index in [0.29, 0.717) is 24.2 Å². The molecule has 1 heterocycles. The molecule has 1 aliphatic rings. The average Bonchev–Trinajstić information content (AvgIpc) is 2.61. The number of benzene rings is 2. The van der Waals surface area contributed by atoms with Crippen LogP contribution >= 0.6 is 0 Å². The fourth-order valence-electron chi connectivity index (χ4n) is 3.03. The number of aryl methyl sites for hydroxylation is 2. The summed E-state index contributed by atoms with van der Waals surface area (Å²) in [6.07, 6.45) is 9.17. The zero-order valence-corrected chi connectivity index (χ0v) is 14.6. The van der Waals surface area contributed by atoms with E-state index in [4.69, 9.17) is 4.74 Å². The van der Waals surface area contributed by atoms with Gasteiger partial charge in [-0.25, -0.2) is 4.39 Å². The van der Waals surface area contributed by atoms with Gasteiger partial charge in [-0.3, -0.25) is 4.79 Å². The van der Waals surface area contributed by atoms with Gasteiger partial charge >= 0.3 is 5.97 Å². The molecule has 0 N–H and O–H groups in total. The third-order valence-electron chi connectivity index (χ3n) is 4.50. The fourth-order valence-corrected chi connectivity index (χ4v) is 3.03. The molecule has 0 saturated heterocycles. The molecule has 0 aromatic heterocycles. The van der Waals surface area contributed by atoms with Crippen LogP contribution in [0.5, 0.6) is 5.75 Å². The Morgan fingerprint density at radius 3 is 2.76 bits per heavy atom. The van der Waals surface area contributed by atoms with E-state index in [-0.39, 0.29) is 11.8 Å². The number of halogens is 1. The molecule has 2 aromatic rings. The number of rotatable bonds is 6. The molecule has 25 heavy (non-hydrogen) atoms. The van der Waals surface area contributed by atoms with Crippen LogP contribution in [0.2, 0.25) is 0 Å². The van der Waals surface area contributed by atoms with E-state index in [9.17, 15) is 9.18 Å². The molecular formula is C22H23FO2. The van der Waals surface area contributed by atoms with Gasteiger partial charge in [0.15, 0.2) is 0 Å². The second-order valence-corrected chi connectivity index (χ2v) is 6.49. The smallest absolute Gasteiger partial charge is 0.311 e. The van der Waals surface area contributed by atoms with Gasteiger partial charge in [-0.15, -0.1) is 0 Å². The highest BCUT2D eigenvalue weighted by atomic mass is 19.1. The molecule has 0 fully saturated rings. The summed E-state index contributed by atoms with van der Waals surface area (Å²) in [7, 11) is 0.